The van der Waals surface area contributed by atoms with Crippen molar-refractivity contribution < 1.29 is 4.39 Å². The van der Waals surface area contributed by atoms with E-state index in [1.807, 2.05) is 6.20 Å². The molecule has 1 aliphatic carbocycles. The molecule has 0 saturated heterocycles. The topological polar surface area (TPSA) is 12.9 Å². The van der Waals surface area contributed by atoms with Gasteiger partial charge in [-0.1, -0.05) is 0 Å². The van der Waals surface area contributed by atoms with E-state index < -0.39 is 0 Å². The molecule has 1 nitrogen and oxygen atoms in total. The lowest BCUT2D eigenvalue weighted by Gasteiger charge is -2.22. The lowest BCUT2D eigenvalue weighted by Crippen LogP contribution is -2.05. The quantitative estimate of drug-likeness (QED) is 0.711. The largest absolute Gasteiger partial charge is 0.256 e. The lowest BCUT2D eigenvalue weighted by molar-refractivity contribution is 0.514. The summed E-state index contributed by atoms with van der Waals surface area (Å²) in [6.07, 6.45) is 8.88. The van der Waals surface area contributed by atoms with Crippen LogP contribution in [0.1, 0.15) is 37.2 Å². The van der Waals surface area contributed by atoms with Gasteiger partial charge in [-0.05, 0) is 67.9 Å². The van der Waals surface area contributed by atoms with Crippen molar-refractivity contribution >= 4 is 10.9 Å². The minimum absolute atomic E-state index is 0.172. The van der Waals surface area contributed by atoms with Gasteiger partial charge in [0.2, 0.25) is 0 Å². The average Bonchev–Trinajstić information content (AvgIpc) is 2.39. The van der Waals surface area contributed by atoms with Crippen molar-refractivity contribution in [3.63, 3.8) is 0 Å². The summed E-state index contributed by atoms with van der Waals surface area (Å²) in [5.41, 5.74) is 2.17. The van der Waals surface area contributed by atoms with E-state index in [0.29, 0.717) is 5.92 Å². The Kier molecular flexibility index (Phi) is 2.79. The monoisotopic (exact) mass is 228 g/mol. The molecule has 1 aromatic carbocycles. The van der Waals surface area contributed by atoms with E-state index in [0.717, 1.165) is 10.9 Å². The van der Waals surface area contributed by atoms with Gasteiger partial charge in [-0.2, -0.15) is 0 Å². The van der Waals surface area contributed by atoms with E-state index >= 15 is 0 Å². The van der Waals surface area contributed by atoms with Gasteiger partial charge in [0.25, 0.3) is 0 Å². The molecule has 1 aromatic heterocycles. The van der Waals surface area contributed by atoms with E-state index in [1.165, 1.54) is 37.3 Å². The second kappa shape index (κ2) is 4.44. The van der Waals surface area contributed by atoms with Crippen LogP contribution in [0.25, 0.3) is 10.9 Å². The zero-order valence-electron chi connectivity index (χ0n) is 9.70. The maximum Gasteiger partial charge on any atom is 0.123 e. The molecule has 0 amide bonds. The van der Waals surface area contributed by atoms with Crippen LogP contribution in [-0.2, 0) is 0 Å². The molecule has 17 heavy (non-hydrogen) atoms. The van der Waals surface area contributed by atoms with Gasteiger partial charge in [0.1, 0.15) is 5.82 Å². The van der Waals surface area contributed by atoms with Crippen LogP contribution in [0.5, 0.6) is 0 Å². The van der Waals surface area contributed by atoms with Crippen LogP contribution >= 0.6 is 0 Å². The lowest BCUT2D eigenvalue weighted by atomic mass is 9.83. The molecule has 1 heterocycles. The highest BCUT2D eigenvalue weighted by atomic mass is 19.1. The van der Waals surface area contributed by atoms with Gasteiger partial charge in [0.15, 0.2) is 0 Å². The Hall–Kier alpha value is -1.44. The fraction of sp³-hybridized carbons (Fsp3) is 0.333. The number of pyridine rings is 1. The Labute approximate surface area is 101 Å². The molecule has 1 radical (unpaired) electrons. The van der Waals surface area contributed by atoms with Crippen LogP contribution in [0, 0.1) is 12.2 Å². The fourth-order valence-electron chi connectivity index (χ4n) is 2.73. The van der Waals surface area contributed by atoms with Gasteiger partial charge in [0.05, 0.1) is 5.52 Å². The van der Waals surface area contributed by atoms with E-state index in [-0.39, 0.29) is 5.82 Å². The maximum atomic E-state index is 13.3. The molecule has 3 rings (SSSR count). The van der Waals surface area contributed by atoms with E-state index in [1.54, 1.807) is 12.1 Å². The first-order chi connectivity index (χ1) is 8.34. The summed E-state index contributed by atoms with van der Waals surface area (Å²) in [5.74, 6) is 0.390. The SMILES string of the molecule is Fc1ccc2nccc(C3CC[CH]CC3)c2c1. The second-order valence-corrected chi connectivity index (χ2v) is 4.70. The standard InChI is InChI=1S/C15H15FN/c16-12-6-7-15-14(10-12)13(8-9-17-15)11-4-2-1-3-5-11/h1,6-11H,2-5H2. The van der Waals surface area contributed by atoms with Gasteiger partial charge < -0.3 is 0 Å². The van der Waals surface area contributed by atoms with Crippen LogP contribution in [-0.4, -0.2) is 4.98 Å². The molecule has 87 valence electrons. The third kappa shape index (κ3) is 2.04. The number of aromatic nitrogens is 1. The number of hydrogen-bond donors (Lipinski definition) is 0. The van der Waals surface area contributed by atoms with Crippen molar-refractivity contribution in [3.8, 4) is 0 Å². The smallest absolute Gasteiger partial charge is 0.123 e. The Morgan fingerprint density at radius 3 is 2.76 bits per heavy atom. The first kappa shape index (κ1) is 10.7. The minimum atomic E-state index is -0.172. The van der Waals surface area contributed by atoms with E-state index in [4.69, 9.17) is 0 Å². The van der Waals surface area contributed by atoms with Gasteiger partial charge in [-0.15, -0.1) is 0 Å². The summed E-state index contributed by atoms with van der Waals surface area (Å²) >= 11 is 0. The number of benzene rings is 1. The zero-order chi connectivity index (χ0) is 11.7. The molecule has 0 atom stereocenters. The highest BCUT2D eigenvalue weighted by Crippen LogP contribution is 2.35. The summed E-state index contributed by atoms with van der Waals surface area (Å²) in [7, 11) is 0. The van der Waals surface area contributed by atoms with Gasteiger partial charge in [-0.25, -0.2) is 4.39 Å². The van der Waals surface area contributed by atoms with Crippen molar-refractivity contribution in [2.24, 2.45) is 0 Å². The normalized spacial score (nSPS) is 17.5. The Morgan fingerprint density at radius 2 is 1.94 bits per heavy atom. The predicted molar refractivity (Wildman–Crippen MR) is 67.2 cm³/mol. The first-order valence-corrected chi connectivity index (χ1v) is 6.20. The zero-order valence-corrected chi connectivity index (χ0v) is 9.70. The molecule has 0 N–H and O–H groups in total. The summed E-state index contributed by atoms with van der Waals surface area (Å²) in [6, 6.07) is 6.92. The summed E-state index contributed by atoms with van der Waals surface area (Å²) in [5, 5.41) is 0.986. The molecule has 0 bridgehead atoms. The molecule has 1 saturated carbocycles. The number of nitrogens with zero attached hydrogens (tertiary/aromatic N) is 1. The fourth-order valence-corrected chi connectivity index (χ4v) is 2.73. The molecule has 2 aromatic rings. The number of fused-ring (bicyclic) bond motifs is 1. The minimum Gasteiger partial charge on any atom is -0.256 e. The molecule has 0 unspecified atom stereocenters. The van der Waals surface area contributed by atoms with Crippen LogP contribution in [0.3, 0.4) is 0 Å². The number of rotatable bonds is 1. The van der Waals surface area contributed by atoms with E-state index in [9.17, 15) is 4.39 Å². The summed E-state index contributed by atoms with van der Waals surface area (Å²) in [6.45, 7) is 0. The Balaban J connectivity index is 2.11. The van der Waals surface area contributed by atoms with Crippen molar-refractivity contribution in [3.05, 3.63) is 48.3 Å². The first-order valence-electron chi connectivity index (χ1n) is 6.20. The molecular weight excluding hydrogens is 213 g/mol. The molecule has 1 fully saturated rings. The average molecular weight is 228 g/mol. The van der Waals surface area contributed by atoms with Crippen molar-refractivity contribution in [1.82, 2.24) is 4.98 Å². The molecule has 0 aliphatic heterocycles. The van der Waals surface area contributed by atoms with Gasteiger partial charge in [0, 0.05) is 11.6 Å². The third-order valence-electron chi connectivity index (χ3n) is 3.62. The van der Waals surface area contributed by atoms with Crippen molar-refractivity contribution in [1.29, 1.82) is 0 Å². The van der Waals surface area contributed by atoms with Crippen molar-refractivity contribution in [2.75, 3.05) is 0 Å². The van der Waals surface area contributed by atoms with Crippen LogP contribution in [0.2, 0.25) is 0 Å². The summed E-state index contributed by atoms with van der Waals surface area (Å²) < 4.78 is 13.3. The van der Waals surface area contributed by atoms with Crippen LogP contribution in [0.15, 0.2) is 30.5 Å². The number of halogens is 1. The molecule has 2 heteroatoms. The van der Waals surface area contributed by atoms with E-state index in [2.05, 4.69) is 17.5 Å². The Morgan fingerprint density at radius 1 is 1.12 bits per heavy atom. The van der Waals surface area contributed by atoms with Gasteiger partial charge in [-0.3, -0.25) is 4.98 Å². The number of hydrogen-bond acceptors (Lipinski definition) is 1. The predicted octanol–water partition coefficient (Wildman–Crippen LogP) is 4.24. The molecular formula is C15H15FN. The highest BCUT2D eigenvalue weighted by molar-refractivity contribution is 5.82. The van der Waals surface area contributed by atoms with Gasteiger partial charge >= 0.3 is 0 Å². The highest BCUT2D eigenvalue weighted by Gasteiger charge is 2.18. The Bertz CT molecular complexity index is 529. The van der Waals surface area contributed by atoms with Crippen LogP contribution < -0.4 is 0 Å². The summed E-state index contributed by atoms with van der Waals surface area (Å²) in [4.78, 5) is 4.30. The second-order valence-electron chi connectivity index (χ2n) is 4.70. The van der Waals surface area contributed by atoms with Crippen LogP contribution in [0.4, 0.5) is 4.39 Å². The van der Waals surface area contributed by atoms with Crippen molar-refractivity contribution in [2.45, 2.75) is 31.6 Å². The third-order valence-corrected chi connectivity index (χ3v) is 3.62. The molecule has 1 aliphatic rings. The molecule has 0 spiro atoms. The maximum absolute atomic E-state index is 13.3.